The third-order valence-electron chi connectivity index (χ3n) is 3.31. The van der Waals surface area contributed by atoms with Crippen LogP contribution >= 0.6 is 11.6 Å². The van der Waals surface area contributed by atoms with Crippen molar-refractivity contribution < 1.29 is 17.4 Å². The zero-order valence-corrected chi connectivity index (χ0v) is 16.4. The molecule has 0 aliphatic rings. The van der Waals surface area contributed by atoms with E-state index in [0.29, 0.717) is 19.0 Å². The smallest absolute Gasteiger partial charge is 0.306 e. The van der Waals surface area contributed by atoms with Crippen molar-refractivity contribution in [1.29, 1.82) is 0 Å². The maximum absolute atomic E-state index is 12.8. The van der Waals surface area contributed by atoms with Crippen molar-refractivity contribution >= 4 is 27.6 Å². The molecule has 0 fully saturated rings. The molecule has 5 nitrogen and oxygen atoms in total. The van der Waals surface area contributed by atoms with Gasteiger partial charge >= 0.3 is 10.1 Å². The van der Waals surface area contributed by atoms with Crippen LogP contribution in [0.4, 0.5) is 0 Å². The van der Waals surface area contributed by atoms with Gasteiger partial charge in [0.1, 0.15) is 5.75 Å². The normalized spacial score (nSPS) is 12.3. The van der Waals surface area contributed by atoms with Crippen LogP contribution in [-0.4, -0.2) is 37.9 Å². The first-order valence-corrected chi connectivity index (χ1v) is 10.1. The number of carbonyl (C=O) groups is 1. The molecule has 0 saturated carbocycles. The lowest BCUT2D eigenvalue weighted by molar-refractivity contribution is -0.140. The maximum atomic E-state index is 12.8. The van der Waals surface area contributed by atoms with Gasteiger partial charge in [-0.05, 0) is 37.5 Å². The summed E-state index contributed by atoms with van der Waals surface area (Å²) >= 11 is 5.94. The van der Waals surface area contributed by atoms with Gasteiger partial charge < -0.3 is 9.08 Å². The summed E-state index contributed by atoms with van der Waals surface area (Å²) in [4.78, 5) is 14.5. The Labute approximate surface area is 150 Å². The summed E-state index contributed by atoms with van der Waals surface area (Å²) in [6.45, 7) is 8.68. The quantitative estimate of drug-likeness (QED) is 0.516. The minimum Gasteiger partial charge on any atom is -0.383 e. The standard InChI is InChI=1S/C17H26ClNO4S/c1-13(2)10-19(16(20)17(3,4)12-18)11-14-7-6-8-15(9-14)23-24(5,21)22/h6-9,13H,10-12H2,1-5H3. The highest BCUT2D eigenvalue weighted by molar-refractivity contribution is 7.86. The van der Waals surface area contributed by atoms with Gasteiger partial charge in [0.2, 0.25) is 5.91 Å². The molecule has 0 N–H and O–H groups in total. The summed E-state index contributed by atoms with van der Waals surface area (Å²) in [6, 6.07) is 6.75. The average molecular weight is 376 g/mol. The number of carbonyl (C=O) groups excluding carboxylic acids is 1. The van der Waals surface area contributed by atoms with Gasteiger partial charge in [0.15, 0.2) is 0 Å². The Morgan fingerprint density at radius 1 is 1.33 bits per heavy atom. The molecule has 0 aliphatic carbocycles. The van der Waals surface area contributed by atoms with E-state index in [0.717, 1.165) is 11.8 Å². The number of hydrogen-bond donors (Lipinski definition) is 0. The molecule has 0 unspecified atom stereocenters. The molecule has 1 aromatic rings. The van der Waals surface area contributed by atoms with Gasteiger partial charge in [0.25, 0.3) is 0 Å². The number of amides is 1. The maximum Gasteiger partial charge on any atom is 0.306 e. The van der Waals surface area contributed by atoms with Gasteiger partial charge in [0.05, 0.1) is 11.7 Å². The SMILES string of the molecule is CC(C)CN(Cc1cccc(OS(C)(=O)=O)c1)C(=O)C(C)(C)CCl. The van der Waals surface area contributed by atoms with Gasteiger partial charge in [-0.25, -0.2) is 0 Å². The molecular formula is C17H26ClNO4S. The summed E-state index contributed by atoms with van der Waals surface area (Å²) in [6.07, 6.45) is 0.997. The lowest BCUT2D eigenvalue weighted by Crippen LogP contribution is -2.43. The van der Waals surface area contributed by atoms with E-state index < -0.39 is 15.5 Å². The number of rotatable bonds is 8. The van der Waals surface area contributed by atoms with Crippen molar-refractivity contribution in [1.82, 2.24) is 4.90 Å². The minimum atomic E-state index is -3.58. The third kappa shape index (κ3) is 6.69. The number of hydrogen-bond acceptors (Lipinski definition) is 4. The molecule has 0 spiro atoms. The van der Waals surface area contributed by atoms with Crippen molar-refractivity contribution in [2.45, 2.75) is 34.2 Å². The van der Waals surface area contributed by atoms with E-state index in [2.05, 4.69) is 0 Å². The van der Waals surface area contributed by atoms with Gasteiger partial charge in [-0.2, -0.15) is 8.42 Å². The molecule has 0 aliphatic heterocycles. The van der Waals surface area contributed by atoms with Crippen LogP contribution in [-0.2, 0) is 21.5 Å². The van der Waals surface area contributed by atoms with Gasteiger partial charge in [0, 0.05) is 19.0 Å². The monoisotopic (exact) mass is 375 g/mol. The Morgan fingerprint density at radius 3 is 2.46 bits per heavy atom. The molecular weight excluding hydrogens is 350 g/mol. The van der Waals surface area contributed by atoms with E-state index in [1.54, 1.807) is 23.1 Å². The second-order valence-electron chi connectivity index (χ2n) is 7.03. The molecule has 136 valence electrons. The topological polar surface area (TPSA) is 63.7 Å². The molecule has 1 amide bonds. The number of benzene rings is 1. The van der Waals surface area contributed by atoms with E-state index >= 15 is 0 Å². The minimum absolute atomic E-state index is 0.0272. The Balaban J connectivity index is 3.03. The fourth-order valence-electron chi connectivity index (χ4n) is 2.24. The van der Waals surface area contributed by atoms with Crippen LogP contribution in [0.15, 0.2) is 24.3 Å². The Bertz CT molecular complexity index is 671. The molecule has 0 heterocycles. The van der Waals surface area contributed by atoms with Gasteiger partial charge in [-0.3, -0.25) is 4.79 Å². The molecule has 0 atom stereocenters. The Hall–Kier alpha value is -1.27. The highest BCUT2D eigenvalue weighted by Gasteiger charge is 2.31. The van der Waals surface area contributed by atoms with E-state index in [1.165, 1.54) is 0 Å². The first kappa shape index (κ1) is 20.8. The van der Waals surface area contributed by atoms with Crippen LogP contribution in [0.1, 0.15) is 33.3 Å². The lowest BCUT2D eigenvalue weighted by Gasteiger charge is -2.32. The number of halogens is 1. The van der Waals surface area contributed by atoms with Crippen molar-refractivity contribution in [3.05, 3.63) is 29.8 Å². The van der Waals surface area contributed by atoms with Crippen LogP contribution in [0.25, 0.3) is 0 Å². The summed E-state index contributed by atoms with van der Waals surface area (Å²) in [5.74, 6) is 0.747. The average Bonchev–Trinajstić information content (AvgIpc) is 2.43. The summed E-state index contributed by atoms with van der Waals surface area (Å²) in [5.41, 5.74) is 0.146. The first-order valence-electron chi connectivity index (χ1n) is 7.78. The summed E-state index contributed by atoms with van der Waals surface area (Å²) in [7, 11) is -3.58. The third-order valence-corrected chi connectivity index (χ3v) is 4.47. The molecule has 0 bridgehead atoms. The molecule has 0 aromatic heterocycles. The second-order valence-corrected chi connectivity index (χ2v) is 8.87. The lowest BCUT2D eigenvalue weighted by atomic mass is 9.93. The molecule has 0 radical (unpaired) electrons. The van der Waals surface area contributed by atoms with Crippen LogP contribution in [0.3, 0.4) is 0 Å². The van der Waals surface area contributed by atoms with Crippen LogP contribution in [0.5, 0.6) is 5.75 Å². The van der Waals surface area contributed by atoms with E-state index in [1.807, 2.05) is 33.8 Å². The Kier molecular flexibility index (Phi) is 7.10. The largest absolute Gasteiger partial charge is 0.383 e. The fourth-order valence-corrected chi connectivity index (χ4v) is 2.80. The zero-order chi connectivity index (χ0) is 18.5. The molecule has 7 heteroatoms. The highest BCUT2D eigenvalue weighted by atomic mass is 35.5. The van der Waals surface area contributed by atoms with E-state index in [4.69, 9.17) is 15.8 Å². The van der Waals surface area contributed by atoms with Crippen molar-refractivity contribution in [3.63, 3.8) is 0 Å². The predicted molar refractivity (Wildman–Crippen MR) is 96.7 cm³/mol. The fraction of sp³-hybridized carbons (Fsp3) is 0.588. The molecule has 0 saturated heterocycles. The molecule has 24 heavy (non-hydrogen) atoms. The van der Waals surface area contributed by atoms with Gasteiger partial charge in [-0.15, -0.1) is 11.6 Å². The van der Waals surface area contributed by atoms with Crippen LogP contribution in [0.2, 0.25) is 0 Å². The van der Waals surface area contributed by atoms with Crippen molar-refractivity contribution in [2.75, 3.05) is 18.7 Å². The summed E-state index contributed by atoms with van der Waals surface area (Å²) in [5, 5.41) is 0. The van der Waals surface area contributed by atoms with E-state index in [9.17, 15) is 13.2 Å². The Morgan fingerprint density at radius 2 is 1.96 bits per heavy atom. The predicted octanol–water partition coefficient (Wildman–Crippen LogP) is 3.27. The van der Waals surface area contributed by atoms with E-state index in [-0.39, 0.29) is 17.5 Å². The first-order chi connectivity index (χ1) is 10.9. The number of alkyl halides is 1. The van der Waals surface area contributed by atoms with Crippen LogP contribution in [0, 0.1) is 11.3 Å². The molecule has 1 aromatic carbocycles. The molecule has 1 rings (SSSR count). The summed E-state index contributed by atoms with van der Waals surface area (Å²) < 4.78 is 27.4. The highest BCUT2D eigenvalue weighted by Crippen LogP contribution is 2.24. The zero-order valence-electron chi connectivity index (χ0n) is 14.9. The van der Waals surface area contributed by atoms with Crippen molar-refractivity contribution in [2.24, 2.45) is 11.3 Å². The van der Waals surface area contributed by atoms with Gasteiger partial charge in [-0.1, -0.05) is 26.0 Å². The van der Waals surface area contributed by atoms with Crippen LogP contribution < -0.4 is 4.18 Å². The van der Waals surface area contributed by atoms with Crippen molar-refractivity contribution in [3.8, 4) is 5.75 Å². The number of nitrogens with zero attached hydrogens (tertiary/aromatic N) is 1. The second kappa shape index (κ2) is 8.21.